The van der Waals surface area contributed by atoms with Crippen LogP contribution < -0.4 is 5.73 Å². The molecule has 0 radical (unpaired) electrons. The molecule has 22 heavy (non-hydrogen) atoms. The van der Waals surface area contributed by atoms with Crippen LogP contribution in [-0.2, 0) is 23.9 Å². The summed E-state index contributed by atoms with van der Waals surface area (Å²) in [6, 6.07) is -0.967. The number of aliphatic hydroxyl groups is 1. The van der Waals surface area contributed by atoms with Gasteiger partial charge in [0.2, 0.25) is 0 Å². The van der Waals surface area contributed by atoms with Crippen LogP contribution in [0.2, 0.25) is 0 Å². The van der Waals surface area contributed by atoms with E-state index >= 15 is 0 Å². The van der Waals surface area contributed by atoms with Crippen molar-refractivity contribution in [1.29, 1.82) is 0 Å². The molecule has 0 aliphatic rings. The van der Waals surface area contributed by atoms with Crippen LogP contribution in [-0.4, -0.2) is 65.0 Å². The molecule has 8 nitrogen and oxygen atoms in total. The number of ether oxygens (including phenoxy) is 2. The van der Waals surface area contributed by atoms with Crippen LogP contribution in [0.4, 0.5) is 0 Å². The van der Waals surface area contributed by atoms with E-state index in [-0.39, 0.29) is 31.0 Å². The molecular formula is C13H21NO7S. The molecule has 0 fully saturated rings. The van der Waals surface area contributed by atoms with Gasteiger partial charge in [-0.1, -0.05) is 6.58 Å². The number of aliphatic hydroxyl groups excluding tert-OH is 1. The molecule has 0 saturated heterocycles. The molecule has 0 bridgehead atoms. The molecule has 0 spiro atoms. The SMILES string of the molecule is C=C(C)C(=O)OCC(O)COC(=O)CCSC[C@H](N)C(=O)O. The predicted molar refractivity (Wildman–Crippen MR) is 80.3 cm³/mol. The molecule has 0 heterocycles. The summed E-state index contributed by atoms with van der Waals surface area (Å²) >= 11 is 1.22. The van der Waals surface area contributed by atoms with E-state index in [4.69, 9.17) is 20.3 Å². The fourth-order valence-corrected chi connectivity index (χ4v) is 1.92. The summed E-state index contributed by atoms with van der Waals surface area (Å²) in [6.45, 7) is 4.28. The average Bonchev–Trinajstić information content (AvgIpc) is 2.46. The van der Waals surface area contributed by atoms with Crippen molar-refractivity contribution < 1.29 is 34.1 Å². The van der Waals surface area contributed by atoms with Gasteiger partial charge in [0.1, 0.15) is 25.4 Å². The number of carbonyl (C=O) groups is 3. The van der Waals surface area contributed by atoms with E-state index in [0.717, 1.165) is 0 Å². The van der Waals surface area contributed by atoms with Crippen LogP contribution in [0.5, 0.6) is 0 Å². The highest BCUT2D eigenvalue weighted by Crippen LogP contribution is 2.05. The zero-order valence-corrected chi connectivity index (χ0v) is 13.1. The van der Waals surface area contributed by atoms with Gasteiger partial charge in [0.15, 0.2) is 0 Å². The van der Waals surface area contributed by atoms with Crippen molar-refractivity contribution in [3.63, 3.8) is 0 Å². The number of hydrogen-bond acceptors (Lipinski definition) is 8. The summed E-state index contributed by atoms with van der Waals surface area (Å²) in [7, 11) is 0. The van der Waals surface area contributed by atoms with E-state index in [1.165, 1.54) is 18.7 Å². The number of esters is 2. The number of nitrogens with two attached hydrogens (primary N) is 1. The number of rotatable bonds is 11. The van der Waals surface area contributed by atoms with Gasteiger partial charge >= 0.3 is 17.9 Å². The Hall–Kier alpha value is -1.58. The number of carbonyl (C=O) groups excluding carboxylic acids is 2. The molecule has 1 unspecified atom stereocenters. The number of carboxylic acid groups (broad SMARTS) is 1. The third-order valence-electron chi connectivity index (χ3n) is 2.26. The molecule has 9 heteroatoms. The van der Waals surface area contributed by atoms with Gasteiger partial charge < -0.3 is 25.4 Å². The maximum absolute atomic E-state index is 11.4. The van der Waals surface area contributed by atoms with Crippen molar-refractivity contribution in [3.8, 4) is 0 Å². The smallest absolute Gasteiger partial charge is 0.333 e. The van der Waals surface area contributed by atoms with Gasteiger partial charge in [0, 0.05) is 17.1 Å². The van der Waals surface area contributed by atoms with Crippen molar-refractivity contribution >= 4 is 29.7 Å². The average molecular weight is 335 g/mol. The van der Waals surface area contributed by atoms with E-state index in [0.29, 0.717) is 5.75 Å². The number of carboxylic acids is 1. The van der Waals surface area contributed by atoms with Crippen molar-refractivity contribution in [2.45, 2.75) is 25.5 Å². The predicted octanol–water partition coefficient (Wildman–Crippen LogP) is -0.455. The Labute approximate surface area is 132 Å². The largest absolute Gasteiger partial charge is 0.480 e. The van der Waals surface area contributed by atoms with Gasteiger partial charge in [-0.25, -0.2) is 4.79 Å². The molecule has 0 aromatic carbocycles. The second kappa shape index (κ2) is 11.0. The van der Waals surface area contributed by atoms with Crippen LogP contribution in [0.3, 0.4) is 0 Å². The second-order valence-electron chi connectivity index (χ2n) is 4.49. The Bertz CT molecular complexity index is 413. The minimum Gasteiger partial charge on any atom is -0.480 e. The van der Waals surface area contributed by atoms with Crippen LogP contribution >= 0.6 is 11.8 Å². The molecule has 4 N–H and O–H groups in total. The number of thioether (sulfide) groups is 1. The molecule has 0 saturated carbocycles. The molecule has 0 aliphatic heterocycles. The van der Waals surface area contributed by atoms with Gasteiger partial charge in [-0.2, -0.15) is 11.8 Å². The monoisotopic (exact) mass is 335 g/mol. The van der Waals surface area contributed by atoms with Crippen LogP contribution in [0.25, 0.3) is 0 Å². The topological polar surface area (TPSA) is 136 Å². The maximum Gasteiger partial charge on any atom is 0.333 e. The van der Waals surface area contributed by atoms with Crippen LogP contribution in [0.1, 0.15) is 13.3 Å². The van der Waals surface area contributed by atoms with E-state index < -0.39 is 30.1 Å². The van der Waals surface area contributed by atoms with Crippen molar-refractivity contribution in [3.05, 3.63) is 12.2 Å². The summed E-state index contributed by atoms with van der Waals surface area (Å²) in [5, 5.41) is 18.0. The normalized spacial score (nSPS) is 13.0. The lowest BCUT2D eigenvalue weighted by Gasteiger charge is -2.12. The van der Waals surface area contributed by atoms with Crippen LogP contribution in [0, 0.1) is 0 Å². The van der Waals surface area contributed by atoms with Gasteiger partial charge in [-0.15, -0.1) is 0 Å². The van der Waals surface area contributed by atoms with Crippen molar-refractivity contribution in [2.24, 2.45) is 5.73 Å². The van der Waals surface area contributed by atoms with Gasteiger partial charge in [-0.3, -0.25) is 9.59 Å². The second-order valence-corrected chi connectivity index (χ2v) is 5.64. The summed E-state index contributed by atoms with van der Waals surface area (Å²) < 4.78 is 9.48. The lowest BCUT2D eigenvalue weighted by Crippen LogP contribution is -2.32. The Morgan fingerprint density at radius 1 is 1.27 bits per heavy atom. The fraction of sp³-hybridized carbons (Fsp3) is 0.615. The van der Waals surface area contributed by atoms with Gasteiger partial charge in [0.25, 0.3) is 0 Å². The van der Waals surface area contributed by atoms with Crippen molar-refractivity contribution in [1.82, 2.24) is 0 Å². The molecule has 0 aromatic rings. The summed E-state index contributed by atoms with van der Waals surface area (Å²) in [5.41, 5.74) is 5.50. The Morgan fingerprint density at radius 3 is 2.41 bits per heavy atom. The highest BCUT2D eigenvalue weighted by atomic mass is 32.2. The van der Waals surface area contributed by atoms with Crippen molar-refractivity contribution in [2.75, 3.05) is 24.7 Å². The van der Waals surface area contributed by atoms with Gasteiger partial charge in [0.05, 0.1) is 6.42 Å². The van der Waals surface area contributed by atoms with Crippen LogP contribution in [0.15, 0.2) is 12.2 Å². The fourth-order valence-electron chi connectivity index (χ4n) is 1.04. The molecular weight excluding hydrogens is 314 g/mol. The Morgan fingerprint density at radius 2 is 1.86 bits per heavy atom. The maximum atomic E-state index is 11.4. The summed E-state index contributed by atoms with van der Waals surface area (Å²) in [6.07, 6.45) is -1.05. The summed E-state index contributed by atoms with van der Waals surface area (Å²) in [4.78, 5) is 32.9. The first-order chi connectivity index (χ1) is 10.2. The molecule has 126 valence electrons. The molecule has 0 amide bonds. The van der Waals surface area contributed by atoms with E-state index in [2.05, 4.69) is 6.58 Å². The standard InChI is InChI=1S/C13H21NO7S/c1-8(2)13(19)21-6-9(15)5-20-11(16)3-4-22-7-10(14)12(17)18/h9-10,15H,1,3-7,14H2,2H3,(H,17,18)/t9?,10-/m0/s1. The quantitative estimate of drug-likeness (QED) is 0.260. The third kappa shape index (κ3) is 10.2. The molecule has 2 atom stereocenters. The van der Waals surface area contributed by atoms with E-state index in [1.54, 1.807) is 0 Å². The highest BCUT2D eigenvalue weighted by molar-refractivity contribution is 7.99. The number of hydrogen-bond donors (Lipinski definition) is 3. The minimum absolute atomic E-state index is 0.0648. The first-order valence-electron chi connectivity index (χ1n) is 6.46. The highest BCUT2D eigenvalue weighted by Gasteiger charge is 2.13. The van der Waals surface area contributed by atoms with E-state index in [9.17, 15) is 19.5 Å². The Kier molecular flexibility index (Phi) is 10.3. The minimum atomic E-state index is -1.11. The first kappa shape index (κ1) is 20.4. The lowest BCUT2D eigenvalue weighted by molar-refractivity contribution is -0.150. The molecule has 0 aliphatic carbocycles. The third-order valence-corrected chi connectivity index (χ3v) is 3.34. The Balaban J connectivity index is 3.70. The zero-order valence-electron chi connectivity index (χ0n) is 12.3. The molecule has 0 rings (SSSR count). The lowest BCUT2D eigenvalue weighted by atomic mass is 10.3. The first-order valence-corrected chi connectivity index (χ1v) is 7.62. The van der Waals surface area contributed by atoms with E-state index in [1.807, 2.05) is 0 Å². The summed E-state index contributed by atoms with van der Waals surface area (Å²) in [5.74, 6) is -1.71. The number of aliphatic carboxylic acids is 1. The zero-order chi connectivity index (χ0) is 17.1. The molecule has 0 aromatic heterocycles. The van der Waals surface area contributed by atoms with Gasteiger partial charge in [-0.05, 0) is 6.92 Å².